The molecule has 9 heteroatoms. The van der Waals surface area contributed by atoms with E-state index >= 15 is 0 Å². The van der Waals surface area contributed by atoms with Crippen molar-refractivity contribution in [2.75, 3.05) is 18.1 Å². The topological polar surface area (TPSA) is 120 Å². The molecule has 3 N–H and O–H groups in total. The van der Waals surface area contributed by atoms with Crippen molar-refractivity contribution in [3.63, 3.8) is 0 Å². The van der Waals surface area contributed by atoms with E-state index < -0.39 is 5.97 Å². The molecule has 0 bridgehead atoms. The molecule has 0 aromatic carbocycles. The highest BCUT2D eigenvalue weighted by Crippen LogP contribution is 2.18. The van der Waals surface area contributed by atoms with Gasteiger partial charge in [0, 0.05) is 6.54 Å². The molecule has 0 aliphatic carbocycles. The maximum Gasteiger partial charge on any atom is 0.313 e. The van der Waals surface area contributed by atoms with Gasteiger partial charge >= 0.3 is 11.9 Å². The Hall–Kier alpha value is -1.77. The van der Waals surface area contributed by atoms with E-state index in [-0.39, 0.29) is 30.6 Å². The number of carboxylic acid groups (broad SMARTS) is 1. The number of aromatic nitrogens is 3. The lowest BCUT2D eigenvalue weighted by atomic mass is 10.4. The van der Waals surface area contributed by atoms with Crippen LogP contribution in [0, 0.1) is 0 Å². The van der Waals surface area contributed by atoms with Crippen LogP contribution in [0.15, 0.2) is 5.16 Å². The monoisotopic (exact) mass is 274 g/mol. The van der Waals surface area contributed by atoms with Crippen LogP contribution in [0.2, 0.25) is 0 Å². The minimum absolute atomic E-state index is 0.136. The van der Waals surface area contributed by atoms with Gasteiger partial charge in [-0.25, -0.2) is 0 Å². The van der Waals surface area contributed by atoms with E-state index in [1.165, 1.54) is 4.57 Å². The third-order valence-corrected chi connectivity index (χ3v) is 2.87. The van der Waals surface area contributed by atoms with Gasteiger partial charge < -0.3 is 15.6 Å². The Morgan fingerprint density at radius 2 is 2.22 bits per heavy atom. The SMILES string of the molecule is CCOC(=O)CCn1c(N)nnc1SCC(=O)O. The van der Waals surface area contributed by atoms with Crippen LogP contribution in [-0.4, -0.2) is 44.2 Å². The summed E-state index contributed by atoms with van der Waals surface area (Å²) in [5.41, 5.74) is 5.58. The molecular formula is C9H14N4O4S. The summed E-state index contributed by atoms with van der Waals surface area (Å²) >= 11 is 0.999. The second-order valence-corrected chi connectivity index (χ2v) is 4.17. The molecule has 8 nitrogen and oxygen atoms in total. The predicted molar refractivity (Wildman–Crippen MR) is 64.0 cm³/mol. The van der Waals surface area contributed by atoms with Crippen molar-refractivity contribution >= 4 is 29.6 Å². The van der Waals surface area contributed by atoms with Crippen molar-refractivity contribution in [3.8, 4) is 0 Å². The van der Waals surface area contributed by atoms with E-state index in [4.69, 9.17) is 15.6 Å². The molecule has 0 unspecified atom stereocenters. The smallest absolute Gasteiger partial charge is 0.313 e. The molecule has 0 atom stereocenters. The standard InChI is InChI=1S/C9H14N4O4S/c1-2-17-7(16)3-4-13-8(10)11-12-9(13)18-5-6(14)15/h2-5H2,1H3,(H2,10,11)(H,14,15). The van der Waals surface area contributed by atoms with Gasteiger partial charge in [0.15, 0.2) is 5.16 Å². The van der Waals surface area contributed by atoms with Crippen LogP contribution in [0.4, 0.5) is 5.95 Å². The Morgan fingerprint density at radius 3 is 2.83 bits per heavy atom. The van der Waals surface area contributed by atoms with E-state index in [1.807, 2.05) is 0 Å². The van der Waals surface area contributed by atoms with Gasteiger partial charge in [-0.3, -0.25) is 14.2 Å². The van der Waals surface area contributed by atoms with E-state index in [9.17, 15) is 9.59 Å². The molecule has 100 valence electrons. The number of nitrogens with two attached hydrogens (primary N) is 1. The molecule has 1 aromatic heterocycles. The van der Waals surface area contributed by atoms with Gasteiger partial charge in [-0.2, -0.15) is 0 Å². The normalized spacial score (nSPS) is 10.3. The van der Waals surface area contributed by atoms with Gasteiger partial charge in [0.05, 0.1) is 18.8 Å². The molecule has 1 rings (SSSR count). The summed E-state index contributed by atoms with van der Waals surface area (Å²) < 4.78 is 6.27. The number of hydrogen-bond acceptors (Lipinski definition) is 7. The number of rotatable bonds is 7. The van der Waals surface area contributed by atoms with Crippen LogP contribution in [0.25, 0.3) is 0 Å². The molecular weight excluding hydrogens is 260 g/mol. The molecule has 1 heterocycles. The first-order chi connectivity index (χ1) is 8.54. The zero-order valence-electron chi connectivity index (χ0n) is 9.83. The second-order valence-electron chi connectivity index (χ2n) is 3.23. The molecule has 0 saturated heterocycles. The van der Waals surface area contributed by atoms with E-state index in [0.717, 1.165) is 11.8 Å². The summed E-state index contributed by atoms with van der Waals surface area (Å²) in [4.78, 5) is 21.7. The number of anilines is 1. The number of esters is 1. The zero-order chi connectivity index (χ0) is 13.5. The first-order valence-electron chi connectivity index (χ1n) is 5.23. The van der Waals surface area contributed by atoms with Crippen LogP contribution in [0.3, 0.4) is 0 Å². The third-order valence-electron chi connectivity index (χ3n) is 1.92. The van der Waals surface area contributed by atoms with Crippen molar-refractivity contribution in [1.82, 2.24) is 14.8 Å². The molecule has 0 saturated carbocycles. The van der Waals surface area contributed by atoms with Crippen molar-refractivity contribution < 1.29 is 19.4 Å². The lowest BCUT2D eigenvalue weighted by Crippen LogP contribution is -2.12. The van der Waals surface area contributed by atoms with Crippen LogP contribution >= 0.6 is 11.8 Å². The van der Waals surface area contributed by atoms with Crippen molar-refractivity contribution in [3.05, 3.63) is 0 Å². The number of carbonyl (C=O) groups is 2. The highest BCUT2D eigenvalue weighted by molar-refractivity contribution is 7.99. The van der Waals surface area contributed by atoms with Crippen LogP contribution in [0.5, 0.6) is 0 Å². The summed E-state index contributed by atoms with van der Waals surface area (Å²) in [7, 11) is 0. The number of nitrogens with zero attached hydrogens (tertiary/aromatic N) is 3. The summed E-state index contributed by atoms with van der Waals surface area (Å²) in [6.45, 7) is 2.30. The number of thioether (sulfide) groups is 1. The van der Waals surface area contributed by atoms with Crippen LogP contribution in [-0.2, 0) is 20.9 Å². The third kappa shape index (κ3) is 4.24. The Kier molecular flexibility index (Phi) is 5.43. The maximum atomic E-state index is 11.2. The van der Waals surface area contributed by atoms with Gasteiger partial charge in [0.25, 0.3) is 0 Å². The first-order valence-corrected chi connectivity index (χ1v) is 6.22. The Balaban J connectivity index is 2.60. The summed E-state index contributed by atoms with van der Waals surface area (Å²) in [6, 6.07) is 0. The van der Waals surface area contributed by atoms with Crippen molar-refractivity contribution in [2.24, 2.45) is 0 Å². The molecule has 0 spiro atoms. The Labute approximate surface area is 108 Å². The molecule has 0 amide bonds. The highest BCUT2D eigenvalue weighted by atomic mass is 32.2. The molecule has 18 heavy (non-hydrogen) atoms. The minimum Gasteiger partial charge on any atom is -0.481 e. The number of carboxylic acids is 1. The van der Waals surface area contributed by atoms with Gasteiger partial charge in [0.2, 0.25) is 5.95 Å². The van der Waals surface area contributed by atoms with Gasteiger partial charge in [-0.05, 0) is 6.92 Å². The maximum absolute atomic E-state index is 11.2. The number of carbonyl (C=O) groups excluding carboxylic acids is 1. The van der Waals surface area contributed by atoms with Crippen LogP contribution < -0.4 is 5.73 Å². The minimum atomic E-state index is -0.960. The van der Waals surface area contributed by atoms with Crippen LogP contribution in [0.1, 0.15) is 13.3 Å². The van der Waals surface area contributed by atoms with Gasteiger partial charge in [0.1, 0.15) is 0 Å². The van der Waals surface area contributed by atoms with Gasteiger partial charge in [-0.15, -0.1) is 10.2 Å². The van der Waals surface area contributed by atoms with Crippen molar-refractivity contribution in [1.29, 1.82) is 0 Å². The molecule has 0 radical (unpaired) electrons. The molecule has 0 aliphatic heterocycles. The number of aliphatic carboxylic acids is 1. The highest BCUT2D eigenvalue weighted by Gasteiger charge is 2.13. The fourth-order valence-electron chi connectivity index (χ4n) is 1.18. The lowest BCUT2D eigenvalue weighted by Gasteiger charge is -2.06. The Morgan fingerprint density at radius 1 is 1.50 bits per heavy atom. The summed E-state index contributed by atoms with van der Waals surface area (Å²) in [5.74, 6) is -1.30. The Bertz CT molecular complexity index is 434. The fourth-order valence-corrected chi connectivity index (χ4v) is 1.87. The fraction of sp³-hybridized carbons (Fsp3) is 0.556. The van der Waals surface area contributed by atoms with Crippen molar-refractivity contribution in [2.45, 2.75) is 25.0 Å². The number of ether oxygens (including phenoxy) is 1. The summed E-state index contributed by atoms with van der Waals surface area (Å²) in [5, 5.41) is 16.3. The molecule has 1 aromatic rings. The van der Waals surface area contributed by atoms with E-state index in [2.05, 4.69) is 10.2 Å². The van der Waals surface area contributed by atoms with E-state index in [0.29, 0.717) is 11.8 Å². The predicted octanol–water partition coefficient (Wildman–Crippen LogP) is -0.00980. The van der Waals surface area contributed by atoms with Gasteiger partial charge in [-0.1, -0.05) is 11.8 Å². The molecule has 0 fully saturated rings. The first kappa shape index (κ1) is 14.3. The average Bonchev–Trinajstić information content (AvgIpc) is 2.65. The number of nitrogen functional groups attached to an aromatic ring is 1. The lowest BCUT2D eigenvalue weighted by molar-refractivity contribution is -0.143. The van der Waals surface area contributed by atoms with E-state index in [1.54, 1.807) is 6.92 Å². The largest absolute Gasteiger partial charge is 0.481 e. The quantitative estimate of drug-likeness (QED) is 0.526. The average molecular weight is 274 g/mol. The zero-order valence-corrected chi connectivity index (χ0v) is 10.6. The summed E-state index contributed by atoms with van der Waals surface area (Å²) in [6.07, 6.45) is 0.136. The second kappa shape index (κ2) is 6.84. The number of hydrogen-bond donors (Lipinski definition) is 2. The molecule has 0 aliphatic rings.